The standard InChI is InChI=1S/C21H21ClN2O4S/c1-15-7-10-18(11-8-15)29(26,27)24(2)14-17-9-12-20(28-17)21(25)23-13-16-5-3-4-6-19(16)22/h3-12H,13-14H2,1-2H3,(H,23,25). The van der Waals surface area contributed by atoms with Gasteiger partial charge in [0.15, 0.2) is 5.76 Å². The van der Waals surface area contributed by atoms with Crippen molar-refractivity contribution < 1.29 is 17.6 Å². The van der Waals surface area contributed by atoms with Gasteiger partial charge in [-0.25, -0.2) is 8.42 Å². The first-order chi connectivity index (χ1) is 13.8. The molecule has 2 aromatic carbocycles. The molecule has 1 amide bonds. The van der Waals surface area contributed by atoms with Crippen molar-refractivity contribution in [1.29, 1.82) is 0 Å². The van der Waals surface area contributed by atoms with Crippen LogP contribution in [-0.4, -0.2) is 25.7 Å². The lowest BCUT2D eigenvalue weighted by molar-refractivity contribution is 0.0920. The molecular formula is C21H21ClN2O4S. The third kappa shape index (κ3) is 5.06. The summed E-state index contributed by atoms with van der Waals surface area (Å²) in [5, 5.41) is 3.30. The van der Waals surface area contributed by atoms with E-state index in [1.54, 1.807) is 36.4 Å². The SMILES string of the molecule is Cc1ccc(S(=O)(=O)N(C)Cc2ccc(C(=O)NCc3ccccc3Cl)o2)cc1. The number of furan rings is 1. The van der Waals surface area contributed by atoms with Crippen LogP contribution in [0.15, 0.2) is 70.0 Å². The molecule has 29 heavy (non-hydrogen) atoms. The van der Waals surface area contributed by atoms with Gasteiger partial charge < -0.3 is 9.73 Å². The Morgan fingerprint density at radius 2 is 1.76 bits per heavy atom. The molecule has 152 valence electrons. The number of hydrogen-bond donors (Lipinski definition) is 1. The van der Waals surface area contributed by atoms with Gasteiger partial charge in [-0.1, -0.05) is 47.5 Å². The number of nitrogens with one attached hydrogen (secondary N) is 1. The second-order valence-corrected chi connectivity index (χ2v) is 9.07. The van der Waals surface area contributed by atoms with Gasteiger partial charge in [0.25, 0.3) is 5.91 Å². The normalized spacial score (nSPS) is 11.6. The Bertz CT molecular complexity index is 1110. The largest absolute Gasteiger partial charge is 0.455 e. The molecular weight excluding hydrogens is 412 g/mol. The molecule has 6 nitrogen and oxygen atoms in total. The van der Waals surface area contributed by atoms with E-state index in [-0.39, 0.29) is 23.7 Å². The van der Waals surface area contributed by atoms with Gasteiger partial charge in [-0.2, -0.15) is 4.31 Å². The molecule has 0 aliphatic rings. The molecule has 8 heteroatoms. The Morgan fingerprint density at radius 3 is 2.45 bits per heavy atom. The van der Waals surface area contributed by atoms with Crippen LogP contribution in [0.1, 0.15) is 27.4 Å². The highest BCUT2D eigenvalue weighted by molar-refractivity contribution is 7.89. The van der Waals surface area contributed by atoms with Gasteiger partial charge in [0, 0.05) is 18.6 Å². The van der Waals surface area contributed by atoms with Crippen molar-refractivity contribution in [2.24, 2.45) is 0 Å². The summed E-state index contributed by atoms with van der Waals surface area (Å²) in [5.41, 5.74) is 1.77. The van der Waals surface area contributed by atoms with Crippen molar-refractivity contribution in [2.45, 2.75) is 24.9 Å². The van der Waals surface area contributed by atoms with E-state index in [9.17, 15) is 13.2 Å². The third-order valence-electron chi connectivity index (χ3n) is 4.39. The number of halogens is 1. The molecule has 0 bridgehead atoms. The summed E-state index contributed by atoms with van der Waals surface area (Å²) in [6.07, 6.45) is 0. The predicted molar refractivity (Wildman–Crippen MR) is 111 cm³/mol. The summed E-state index contributed by atoms with van der Waals surface area (Å²) in [5.74, 6) is 0.0690. The van der Waals surface area contributed by atoms with E-state index in [1.807, 2.05) is 25.1 Å². The van der Waals surface area contributed by atoms with Gasteiger partial charge in [0.2, 0.25) is 10.0 Å². The summed E-state index contributed by atoms with van der Waals surface area (Å²) in [7, 11) is -2.19. The van der Waals surface area contributed by atoms with Crippen molar-refractivity contribution in [3.05, 3.63) is 88.3 Å². The van der Waals surface area contributed by atoms with Crippen LogP contribution in [-0.2, 0) is 23.1 Å². The van der Waals surface area contributed by atoms with E-state index in [0.717, 1.165) is 11.1 Å². The first kappa shape index (κ1) is 21.1. The smallest absolute Gasteiger partial charge is 0.287 e. The van der Waals surface area contributed by atoms with E-state index in [4.69, 9.17) is 16.0 Å². The molecule has 0 aliphatic heterocycles. The van der Waals surface area contributed by atoms with Crippen LogP contribution in [0.5, 0.6) is 0 Å². The number of nitrogens with zero attached hydrogens (tertiary/aromatic N) is 1. The Balaban J connectivity index is 1.64. The van der Waals surface area contributed by atoms with Crippen molar-refractivity contribution in [3.63, 3.8) is 0 Å². The van der Waals surface area contributed by atoms with E-state index >= 15 is 0 Å². The first-order valence-electron chi connectivity index (χ1n) is 8.90. The molecule has 3 aromatic rings. The fourth-order valence-electron chi connectivity index (χ4n) is 2.68. The molecule has 0 fully saturated rings. The maximum atomic E-state index is 12.7. The average Bonchev–Trinajstić information content (AvgIpc) is 3.16. The summed E-state index contributed by atoms with van der Waals surface area (Å²) in [6.45, 7) is 2.16. The molecule has 1 N–H and O–H groups in total. The van der Waals surface area contributed by atoms with Crippen LogP contribution in [0.25, 0.3) is 0 Å². The molecule has 0 atom stereocenters. The molecule has 0 saturated heterocycles. The Hall–Kier alpha value is -2.61. The number of carbonyl (C=O) groups excluding carboxylic acids is 1. The maximum Gasteiger partial charge on any atom is 0.287 e. The third-order valence-corrected chi connectivity index (χ3v) is 6.58. The topological polar surface area (TPSA) is 79.6 Å². The monoisotopic (exact) mass is 432 g/mol. The Labute approximate surface area is 175 Å². The van der Waals surface area contributed by atoms with Gasteiger partial charge in [0.05, 0.1) is 11.4 Å². The van der Waals surface area contributed by atoms with Crippen LogP contribution < -0.4 is 5.32 Å². The first-order valence-corrected chi connectivity index (χ1v) is 10.7. The van der Waals surface area contributed by atoms with Gasteiger partial charge in [0.1, 0.15) is 5.76 Å². The number of aryl methyl sites for hydroxylation is 1. The summed E-state index contributed by atoms with van der Waals surface area (Å²) < 4.78 is 32.1. The lowest BCUT2D eigenvalue weighted by Crippen LogP contribution is -2.26. The van der Waals surface area contributed by atoms with Gasteiger partial charge >= 0.3 is 0 Å². The minimum atomic E-state index is -3.66. The van der Waals surface area contributed by atoms with Gasteiger partial charge in [-0.3, -0.25) is 4.79 Å². The lowest BCUT2D eigenvalue weighted by Gasteiger charge is -2.16. The quantitative estimate of drug-likeness (QED) is 0.612. The summed E-state index contributed by atoms with van der Waals surface area (Å²) in [4.78, 5) is 12.5. The molecule has 0 unspecified atom stereocenters. The van der Waals surface area contributed by atoms with Crippen LogP contribution in [0.3, 0.4) is 0 Å². The molecule has 0 spiro atoms. The summed E-state index contributed by atoms with van der Waals surface area (Å²) >= 11 is 6.08. The molecule has 0 saturated carbocycles. The number of amides is 1. The molecule has 1 heterocycles. The van der Waals surface area contributed by atoms with Crippen molar-refractivity contribution in [2.75, 3.05) is 7.05 Å². The van der Waals surface area contributed by atoms with E-state index in [2.05, 4.69) is 5.32 Å². The zero-order valence-electron chi connectivity index (χ0n) is 16.1. The predicted octanol–water partition coefficient (Wildman–Crippen LogP) is 3.99. The number of hydrogen-bond acceptors (Lipinski definition) is 4. The number of carbonyl (C=O) groups is 1. The molecule has 3 rings (SSSR count). The number of rotatable bonds is 7. The maximum absolute atomic E-state index is 12.7. The Morgan fingerprint density at radius 1 is 1.07 bits per heavy atom. The Kier molecular flexibility index (Phi) is 6.42. The van der Waals surface area contributed by atoms with E-state index in [1.165, 1.54) is 17.4 Å². The zero-order chi connectivity index (χ0) is 21.0. The summed E-state index contributed by atoms with van der Waals surface area (Å²) in [6, 6.07) is 16.9. The zero-order valence-corrected chi connectivity index (χ0v) is 17.6. The van der Waals surface area contributed by atoms with Gasteiger partial charge in [-0.05, 0) is 42.8 Å². The highest BCUT2D eigenvalue weighted by atomic mass is 35.5. The fraction of sp³-hybridized carbons (Fsp3) is 0.190. The van der Waals surface area contributed by atoms with Crippen molar-refractivity contribution in [1.82, 2.24) is 9.62 Å². The van der Waals surface area contributed by atoms with Crippen LogP contribution >= 0.6 is 11.6 Å². The van der Waals surface area contributed by atoms with Crippen molar-refractivity contribution in [3.8, 4) is 0 Å². The highest BCUT2D eigenvalue weighted by Gasteiger charge is 2.22. The minimum absolute atomic E-state index is 0.00794. The van der Waals surface area contributed by atoms with Crippen LogP contribution in [0.2, 0.25) is 5.02 Å². The second-order valence-electron chi connectivity index (χ2n) is 6.61. The second kappa shape index (κ2) is 8.82. The molecule has 0 aliphatic carbocycles. The fourth-order valence-corrected chi connectivity index (χ4v) is 4.02. The molecule has 0 radical (unpaired) electrons. The van der Waals surface area contributed by atoms with Crippen molar-refractivity contribution >= 4 is 27.5 Å². The average molecular weight is 433 g/mol. The number of sulfonamides is 1. The minimum Gasteiger partial charge on any atom is -0.455 e. The van der Waals surface area contributed by atoms with E-state index in [0.29, 0.717) is 10.8 Å². The lowest BCUT2D eigenvalue weighted by atomic mass is 10.2. The number of benzene rings is 2. The highest BCUT2D eigenvalue weighted by Crippen LogP contribution is 2.19. The van der Waals surface area contributed by atoms with Crippen LogP contribution in [0.4, 0.5) is 0 Å². The van der Waals surface area contributed by atoms with Gasteiger partial charge in [-0.15, -0.1) is 0 Å². The van der Waals surface area contributed by atoms with E-state index < -0.39 is 15.9 Å². The van der Waals surface area contributed by atoms with Crippen LogP contribution in [0, 0.1) is 6.92 Å². The molecule has 1 aromatic heterocycles.